The molecule has 1 aliphatic rings. The van der Waals surface area contributed by atoms with Gasteiger partial charge in [-0.25, -0.2) is 0 Å². The van der Waals surface area contributed by atoms with Crippen molar-refractivity contribution in [2.75, 3.05) is 6.54 Å². The predicted molar refractivity (Wildman–Crippen MR) is 75.6 cm³/mol. The Labute approximate surface area is 129 Å². The van der Waals surface area contributed by atoms with Gasteiger partial charge in [0.15, 0.2) is 10.4 Å². The average molecular weight is 359 g/mol. The van der Waals surface area contributed by atoms with E-state index in [1.54, 1.807) is 6.07 Å². The van der Waals surface area contributed by atoms with Crippen molar-refractivity contribution >= 4 is 33.7 Å². The zero-order valence-electron chi connectivity index (χ0n) is 11.1. The van der Waals surface area contributed by atoms with Crippen LogP contribution in [0, 0.1) is 5.92 Å². The van der Waals surface area contributed by atoms with Crippen molar-refractivity contribution in [3.63, 3.8) is 0 Å². The van der Waals surface area contributed by atoms with Gasteiger partial charge in [-0.2, -0.15) is 0 Å². The van der Waals surface area contributed by atoms with Crippen molar-refractivity contribution in [3.05, 3.63) is 22.6 Å². The van der Waals surface area contributed by atoms with Gasteiger partial charge in [0, 0.05) is 6.04 Å². The molecule has 1 unspecified atom stereocenters. The molecule has 8 heteroatoms. The Balaban J connectivity index is 1.78. The van der Waals surface area contributed by atoms with Gasteiger partial charge in [0.1, 0.15) is 0 Å². The van der Waals surface area contributed by atoms with Gasteiger partial charge in [-0.05, 0) is 46.8 Å². The molecule has 0 spiro atoms. The molecule has 1 aromatic heterocycles. The third-order valence-electron chi connectivity index (χ3n) is 3.14. The number of amides is 2. The standard InChI is InChI=1S/C13H15BrN2O5/c14-10-4-3-9(21-10)13(20)15-6-11(17)16-8(5-12(18)19)7-1-2-7/h3-4,7-8H,1-2,5-6H2,(H,15,20)(H,16,17)(H,18,19). The van der Waals surface area contributed by atoms with Crippen molar-refractivity contribution < 1.29 is 23.9 Å². The molecule has 114 valence electrons. The summed E-state index contributed by atoms with van der Waals surface area (Å²) in [5.74, 6) is -1.54. The third-order valence-corrected chi connectivity index (χ3v) is 3.56. The predicted octanol–water partition coefficient (Wildman–Crippen LogP) is 1.14. The summed E-state index contributed by atoms with van der Waals surface area (Å²) in [6, 6.07) is 2.68. The highest BCUT2D eigenvalue weighted by molar-refractivity contribution is 9.10. The number of aliphatic carboxylic acids is 1. The molecule has 0 radical (unpaired) electrons. The van der Waals surface area contributed by atoms with Gasteiger partial charge in [0.05, 0.1) is 13.0 Å². The molecule has 1 heterocycles. The first-order valence-corrected chi connectivity index (χ1v) is 7.29. The summed E-state index contributed by atoms with van der Waals surface area (Å²) in [5.41, 5.74) is 0. The fraction of sp³-hybridized carbons (Fsp3) is 0.462. The van der Waals surface area contributed by atoms with Crippen LogP contribution < -0.4 is 10.6 Å². The number of carbonyl (C=O) groups is 3. The summed E-state index contributed by atoms with van der Waals surface area (Å²) < 4.78 is 5.48. The van der Waals surface area contributed by atoms with Crippen molar-refractivity contribution in [2.45, 2.75) is 25.3 Å². The Bertz CT molecular complexity index is 553. The number of nitrogens with one attached hydrogen (secondary N) is 2. The summed E-state index contributed by atoms with van der Waals surface area (Å²) in [6.45, 7) is -0.222. The highest BCUT2D eigenvalue weighted by Crippen LogP contribution is 2.33. The van der Waals surface area contributed by atoms with E-state index in [4.69, 9.17) is 9.52 Å². The molecule has 1 atom stereocenters. The molecule has 0 saturated heterocycles. The minimum absolute atomic E-state index is 0.0963. The third kappa shape index (κ3) is 4.89. The maximum atomic E-state index is 11.7. The van der Waals surface area contributed by atoms with Crippen molar-refractivity contribution in [1.82, 2.24) is 10.6 Å². The van der Waals surface area contributed by atoms with E-state index in [1.807, 2.05) is 0 Å². The number of carboxylic acid groups (broad SMARTS) is 1. The molecule has 2 rings (SSSR count). The van der Waals surface area contributed by atoms with E-state index in [9.17, 15) is 14.4 Å². The zero-order chi connectivity index (χ0) is 15.4. The lowest BCUT2D eigenvalue weighted by Crippen LogP contribution is -2.43. The van der Waals surface area contributed by atoms with Gasteiger partial charge < -0.3 is 20.2 Å². The van der Waals surface area contributed by atoms with Gasteiger partial charge in [0.2, 0.25) is 5.91 Å². The Morgan fingerprint density at radius 3 is 2.62 bits per heavy atom. The fourth-order valence-electron chi connectivity index (χ4n) is 1.96. The Hall–Kier alpha value is -1.83. The molecule has 0 bridgehead atoms. The molecule has 1 saturated carbocycles. The molecular weight excluding hydrogens is 344 g/mol. The van der Waals surface area contributed by atoms with E-state index in [2.05, 4.69) is 26.6 Å². The van der Waals surface area contributed by atoms with Crippen LogP contribution >= 0.6 is 15.9 Å². The number of furan rings is 1. The first-order valence-electron chi connectivity index (χ1n) is 6.50. The lowest BCUT2D eigenvalue weighted by Gasteiger charge is -2.16. The lowest BCUT2D eigenvalue weighted by atomic mass is 10.1. The van der Waals surface area contributed by atoms with Crippen LogP contribution in [0.5, 0.6) is 0 Å². The lowest BCUT2D eigenvalue weighted by molar-refractivity contribution is -0.137. The first-order chi connectivity index (χ1) is 9.95. The fourth-order valence-corrected chi connectivity index (χ4v) is 2.27. The average Bonchev–Trinajstić information content (AvgIpc) is 3.17. The van der Waals surface area contributed by atoms with Crippen LogP contribution in [0.1, 0.15) is 29.8 Å². The second-order valence-corrected chi connectivity index (χ2v) is 5.68. The number of carboxylic acids is 1. The minimum Gasteiger partial charge on any atom is -0.481 e. The highest BCUT2D eigenvalue weighted by Gasteiger charge is 2.33. The van der Waals surface area contributed by atoms with Crippen LogP contribution in [0.2, 0.25) is 0 Å². The molecular formula is C13H15BrN2O5. The SMILES string of the molecule is O=C(O)CC(NC(=O)CNC(=O)c1ccc(Br)o1)C1CC1. The maximum Gasteiger partial charge on any atom is 0.305 e. The molecule has 1 fully saturated rings. The molecule has 0 aliphatic heterocycles. The van der Waals surface area contributed by atoms with E-state index in [0.717, 1.165) is 12.8 Å². The van der Waals surface area contributed by atoms with Crippen LogP contribution in [0.3, 0.4) is 0 Å². The summed E-state index contributed by atoms with van der Waals surface area (Å²) in [6.07, 6.45) is 1.74. The van der Waals surface area contributed by atoms with Crippen LogP contribution in [0.25, 0.3) is 0 Å². The maximum absolute atomic E-state index is 11.7. The number of hydrogen-bond donors (Lipinski definition) is 3. The Morgan fingerprint density at radius 2 is 2.10 bits per heavy atom. The second-order valence-electron chi connectivity index (χ2n) is 4.90. The van der Waals surface area contributed by atoms with Crippen LogP contribution in [0.4, 0.5) is 0 Å². The summed E-state index contributed by atoms with van der Waals surface area (Å²) in [7, 11) is 0. The number of hydrogen-bond acceptors (Lipinski definition) is 4. The van der Waals surface area contributed by atoms with Crippen LogP contribution in [-0.4, -0.2) is 35.5 Å². The molecule has 21 heavy (non-hydrogen) atoms. The molecule has 1 aliphatic carbocycles. The second kappa shape index (κ2) is 6.75. The summed E-state index contributed by atoms with van der Waals surface area (Å²) in [4.78, 5) is 34.2. The molecule has 2 amide bonds. The summed E-state index contributed by atoms with van der Waals surface area (Å²) >= 11 is 3.08. The quantitative estimate of drug-likeness (QED) is 0.677. The van der Waals surface area contributed by atoms with Crippen LogP contribution in [-0.2, 0) is 9.59 Å². The van der Waals surface area contributed by atoms with Gasteiger partial charge >= 0.3 is 5.97 Å². The van der Waals surface area contributed by atoms with E-state index in [-0.39, 0.29) is 30.7 Å². The molecule has 0 aromatic carbocycles. The Kier molecular flexibility index (Phi) is 5.00. The van der Waals surface area contributed by atoms with E-state index < -0.39 is 17.8 Å². The highest BCUT2D eigenvalue weighted by atomic mass is 79.9. The van der Waals surface area contributed by atoms with Crippen molar-refractivity contribution in [1.29, 1.82) is 0 Å². The normalized spacial score (nSPS) is 15.3. The van der Waals surface area contributed by atoms with Gasteiger partial charge in [-0.15, -0.1) is 0 Å². The van der Waals surface area contributed by atoms with E-state index >= 15 is 0 Å². The minimum atomic E-state index is -0.948. The van der Waals surface area contributed by atoms with Gasteiger partial charge in [-0.1, -0.05) is 0 Å². The van der Waals surface area contributed by atoms with Crippen LogP contribution in [0.15, 0.2) is 21.2 Å². The molecule has 7 nitrogen and oxygen atoms in total. The van der Waals surface area contributed by atoms with Crippen molar-refractivity contribution in [3.8, 4) is 0 Å². The number of rotatable bonds is 7. The smallest absolute Gasteiger partial charge is 0.305 e. The first kappa shape index (κ1) is 15.6. The molecule has 3 N–H and O–H groups in total. The topological polar surface area (TPSA) is 109 Å². The molecule has 1 aromatic rings. The number of halogens is 1. The Morgan fingerprint density at radius 1 is 1.38 bits per heavy atom. The largest absolute Gasteiger partial charge is 0.481 e. The van der Waals surface area contributed by atoms with E-state index in [0.29, 0.717) is 4.67 Å². The zero-order valence-corrected chi connectivity index (χ0v) is 12.7. The number of carbonyl (C=O) groups excluding carboxylic acids is 2. The van der Waals surface area contributed by atoms with E-state index in [1.165, 1.54) is 6.07 Å². The monoisotopic (exact) mass is 358 g/mol. The van der Waals surface area contributed by atoms with Gasteiger partial charge in [0.25, 0.3) is 5.91 Å². The summed E-state index contributed by atoms with van der Waals surface area (Å²) in [5, 5.41) is 13.9. The van der Waals surface area contributed by atoms with Gasteiger partial charge in [-0.3, -0.25) is 14.4 Å². The van der Waals surface area contributed by atoms with Crippen molar-refractivity contribution in [2.24, 2.45) is 5.92 Å².